The fourth-order valence-corrected chi connectivity index (χ4v) is 3.32. The predicted octanol–water partition coefficient (Wildman–Crippen LogP) is 5.70. The molecule has 19 heavy (non-hydrogen) atoms. The molecule has 0 aliphatic heterocycles. The number of hydrogen-bond donors (Lipinski definition) is 1. The van der Waals surface area contributed by atoms with Gasteiger partial charge in [-0.1, -0.05) is 47.5 Å². The summed E-state index contributed by atoms with van der Waals surface area (Å²) in [5.41, 5.74) is 1.33. The maximum absolute atomic E-state index is 3.75. The Morgan fingerprint density at radius 1 is 1.21 bits per heavy atom. The van der Waals surface area contributed by atoms with Crippen molar-refractivity contribution in [1.82, 2.24) is 5.32 Å². The lowest BCUT2D eigenvalue weighted by atomic mass is 10.0. The average Bonchev–Trinajstić information content (AvgIpc) is 2.92. The Kier molecular flexibility index (Phi) is 5.61. The van der Waals surface area contributed by atoms with E-state index in [-0.39, 0.29) is 0 Å². The van der Waals surface area contributed by atoms with Gasteiger partial charge in [-0.3, -0.25) is 0 Å². The van der Waals surface area contributed by atoms with Gasteiger partial charge in [0, 0.05) is 21.4 Å². The van der Waals surface area contributed by atoms with Gasteiger partial charge < -0.3 is 5.32 Å². The first-order chi connectivity index (χ1) is 9.20. The highest BCUT2D eigenvalue weighted by molar-refractivity contribution is 9.10. The van der Waals surface area contributed by atoms with Crippen LogP contribution in [0, 0.1) is 0 Å². The second kappa shape index (κ2) is 7.22. The molecule has 1 N–H and O–H groups in total. The summed E-state index contributed by atoms with van der Waals surface area (Å²) in [6, 6.07) is 13.8. The molecule has 0 aliphatic carbocycles. The van der Waals surface area contributed by atoms with Crippen molar-refractivity contribution in [3.8, 4) is 0 Å². The highest BCUT2D eigenvalue weighted by Gasteiger charge is 2.15. The van der Waals surface area contributed by atoms with E-state index in [0.29, 0.717) is 12.1 Å². The van der Waals surface area contributed by atoms with Crippen LogP contribution in [0.15, 0.2) is 46.3 Å². The molecular weight excluding hydrogens is 318 g/mol. The molecule has 0 bridgehead atoms. The molecule has 0 spiro atoms. The molecule has 1 nitrogen and oxygen atoms in total. The van der Waals surface area contributed by atoms with E-state index in [4.69, 9.17) is 0 Å². The highest BCUT2D eigenvalue weighted by atomic mass is 79.9. The number of hydrogen-bond acceptors (Lipinski definition) is 2. The Bertz CT molecular complexity index is 478. The molecule has 0 amide bonds. The molecular formula is C16H20BrNS. The van der Waals surface area contributed by atoms with Gasteiger partial charge in [-0.2, -0.15) is 0 Å². The fourth-order valence-electron chi connectivity index (χ4n) is 2.24. The fraction of sp³-hybridized carbons (Fsp3) is 0.375. The smallest absolute Gasteiger partial charge is 0.0419 e. The summed E-state index contributed by atoms with van der Waals surface area (Å²) in [6.07, 6.45) is 2.38. The summed E-state index contributed by atoms with van der Waals surface area (Å²) in [5, 5.41) is 5.91. The van der Waals surface area contributed by atoms with Crippen molar-refractivity contribution in [1.29, 1.82) is 0 Å². The Labute approximate surface area is 128 Å². The minimum Gasteiger partial charge on any atom is -0.303 e. The van der Waals surface area contributed by atoms with Gasteiger partial charge in [0.15, 0.2) is 0 Å². The second-order valence-corrected chi connectivity index (χ2v) is 6.69. The van der Waals surface area contributed by atoms with Gasteiger partial charge in [0.25, 0.3) is 0 Å². The van der Waals surface area contributed by atoms with Crippen molar-refractivity contribution in [2.75, 3.05) is 0 Å². The molecule has 0 saturated carbocycles. The highest BCUT2D eigenvalue weighted by Crippen LogP contribution is 2.27. The zero-order valence-electron chi connectivity index (χ0n) is 11.4. The third-order valence-electron chi connectivity index (χ3n) is 3.29. The van der Waals surface area contributed by atoms with Crippen LogP contribution in [0.25, 0.3) is 0 Å². The molecule has 1 aromatic heterocycles. The van der Waals surface area contributed by atoms with Crippen LogP contribution in [0.3, 0.4) is 0 Å². The second-order valence-electron chi connectivity index (χ2n) is 4.80. The number of benzene rings is 1. The van der Waals surface area contributed by atoms with Gasteiger partial charge in [0.05, 0.1) is 0 Å². The maximum atomic E-state index is 3.75. The van der Waals surface area contributed by atoms with Crippen molar-refractivity contribution in [2.45, 2.75) is 38.8 Å². The standard InChI is InChI=1S/C16H20BrNS/c1-3-5-15(16-6-4-11-19-16)18-12(2)13-7-9-14(17)10-8-13/h4,6-12,15,18H,3,5H2,1-2H3. The van der Waals surface area contributed by atoms with E-state index in [9.17, 15) is 0 Å². The zero-order chi connectivity index (χ0) is 13.7. The number of thiophene rings is 1. The lowest BCUT2D eigenvalue weighted by molar-refractivity contribution is 0.445. The summed E-state index contributed by atoms with van der Waals surface area (Å²) in [7, 11) is 0. The average molecular weight is 338 g/mol. The molecule has 0 fully saturated rings. The van der Waals surface area contributed by atoms with Gasteiger partial charge >= 0.3 is 0 Å². The van der Waals surface area contributed by atoms with E-state index in [1.807, 2.05) is 11.3 Å². The van der Waals surface area contributed by atoms with E-state index in [1.54, 1.807) is 0 Å². The summed E-state index contributed by atoms with van der Waals surface area (Å²) < 4.78 is 1.13. The van der Waals surface area contributed by atoms with E-state index in [2.05, 4.69) is 76.9 Å². The molecule has 3 heteroatoms. The van der Waals surface area contributed by atoms with Crippen molar-refractivity contribution >= 4 is 27.3 Å². The topological polar surface area (TPSA) is 12.0 Å². The molecule has 1 aromatic carbocycles. The molecule has 1 heterocycles. The van der Waals surface area contributed by atoms with Gasteiger partial charge in [0.2, 0.25) is 0 Å². The van der Waals surface area contributed by atoms with E-state index >= 15 is 0 Å². The van der Waals surface area contributed by atoms with Crippen LogP contribution in [0.1, 0.15) is 49.2 Å². The van der Waals surface area contributed by atoms with Gasteiger partial charge in [-0.25, -0.2) is 0 Å². The first-order valence-electron chi connectivity index (χ1n) is 6.75. The molecule has 2 unspecified atom stereocenters. The molecule has 0 aliphatic rings. The van der Waals surface area contributed by atoms with Crippen LogP contribution in [0.5, 0.6) is 0 Å². The lowest BCUT2D eigenvalue weighted by Crippen LogP contribution is -2.24. The Balaban J connectivity index is 2.06. The minimum atomic E-state index is 0.367. The Morgan fingerprint density at radius 2 is 1.95 bits per heavy atom. The van der Waals surface area contributed by atoms with Crippen LogP contribution in [0.2, 0.25) is 0 Å². The molecule has 2 aromatic rings. The van der Waals surface area contributed by atoms with Crippen LogP contribution < -0.4 is 5.32 Å². The minimum absolute atomic E-state index is 0.367. The molecule has 2 atom stereocenters. The first-order valence-corrected chi connectivity index (χ1v) is 8.43. The van der Waals surface area contributed by atoms with Crippen molar-refractivity contribution in [3.63, 3.8) is 0 Å². The van der Waals surface area contributed by atoms with E-state index < -0.39 is 0 Å². The molecule has 0 saturated heterocycles. The third-order valence-corrected chi connectivity index (χ3v) is 4.80. The normalized spacial score (nSPS) is 14.3. The maximum Gasteiger partial charge on any atom is 0.0419 e. The van der Waals surface area contributed by atoms with E-state index in [1.165, 1.54) is 23.3 Å². The van der Waals surface area contributed by atoms with Crippen LogP contribution in [-0.2, 0) is 0 Å². The van der Waals surface area contributed by atoms with Crippen molar-refractivity contribution in [3.05, 3.63) is 56.7 Å². The van der Waals surface area contributed by atoms with Gasteiger partial charge in [0.1, 0.15) is 0 Å². The molecule has 0 radical (unpaired) electrons. The molecule has 102 valence electrons. The van der Waals surface area contributed by atoms with Gasteiger partial charge in [-0.05, 0) is 42.5 Å². The summed E-state index contributed by atoms with van der Waals surface area (Å²) in [4.78, 5) is 1.44. The first kappa shape index (κ1) is 14.8. The van der Waals surface area contributed by atoms with Crippen LogP contribution in [-0.4, -0.2) is 0 Å². The lowest BCUT2D eigenvalue weighted by Gasteiger charge is -2.22. The zero-order valence-corrected chi connectivity index (χ0v) is 13.8. The summed E-state index contributed by atoms with van der Waals surface area (Å²) >= 11 is 5.32. The number of nitrogens with one attached hydrogen (secondary N) is 1. The number of halogens is 1. The van der Waals surface area contributed by atoms with E-state index in [0.717, 1.165) is 4.47 Å². The monoisotopic (exact) mass is 337 g/mol. The SMILES string of the molecule is CCCC(NC(C)c1ccc(Br)cc1)c1cccs1. The Hall–Kier alpha value is -0.640. The quantitative estimate of drug-likeness (QED) is 0.712. The van der Waals surface area contributed by atoms with Crippen molar-refractivity contribution < 1.29 is 0 Å². The summed E-state index contributed by atoms with van der Waals surface area (Å²) in [6.45, 7) is 4.48. The largest absolute Gasteiger partial charge is 0.303 e. The van der Waals surface area contributed by atoms with Crippen LogP contribution >= 0.6 is 27.3 Å². The Morgan fingerprint density at radius 3 is 2.53 bits per heavy atom. The molecule has 2 rings (SSSR count). The number of rotatable bonds is 6. The van der Waals surface area contributed by atoms with Crippen molar-refractivity contribution in [2.24, 2.45) is 0 Å². The van der Waals surface area contributed by atoms with Gasteiger partial charge in [-0.15, -0.1) is 11.3 Å². The van der Waals surface area contributed by atoms with Crippen LogP contribution in [0.4, 0.5) is 0 Å². The predicted molar refractivity (Wildman–Crippen MR) is 87.7 cm³/mol. The third kappa shape index (κ3) is 4.16. The summed E-state index contributed by atoms with van der Waals surface area (Å²) in [5.74, 6) is 0.